The van der Waals surface area contributed by atoms with E-state index in [2.05, 4.69) is 14.9 Å². The fourth-order valence-corrected chi connectivity index (χ4v) is 2.95. The van der Waals surface area contributed by atoms with Crippen molar-refractivity contribution in [1.82, 2.24) is 14.9 Å². The van der Waals surface area contributed by atoms with Crippen LogP contribution in [0.5, 0.6) is 0 Å². The summed E-state index contributed by atoms with van der Waals surface area (Å²) in [5.74, 6) is -1.91. The summed E-state index contributed by atoms with van der Waals surface area (Å²) in [6.07, 6.45) is 0.990. The van der Waals surface area contributed by atoms with Gasteiger partial charge in [0.25, 0.3) is 5.91 Å². The number of carbonyl (C=O) groups is 2. The summed E-state index contributed by atoms with van der Waals surface area (Å²) in [7, 11) is 0. The molecule has 1 heterocycles. The summed E-state index contributed by atoms with van der Waals surface area (Å²) in [4.78, 5) is 24.0. The maximum atomic E-state index is 12.1. The van der Waals surface area contributed by atoms with Crippen LogP contribution in [0.15, 0.2) is 24.3 Å². The predicted molar refractivity (Wildman–Crippen MR) is 87.6 cm³/mol. The molecular formula is C16H19N3O3S. The van der Waals surface area contributed by atoms with Gasteiger partial charge in [0.05, 0.1) is 11.6 Å². The molecule has 2 aromatic rings. The van der Waals surface area contributed by atoms with Crippen molar-refractivity contribution in [2.75, 3.05) is 6.54 Å². The van der Waals surface area contributed by atoms with E-state index in [0.717, 1.165) is 22.7 Å². The van der Waals surface area contributed by atoms with Gasteiger partial charge in [-0.15, -0.1) is 5.10 Å². The molecule has 0 aliphatic heterocycles. The summed E-state index contributed by atoms with van der Waals surface area (Å²) >= 11 is 1.03. The Hall–Kier alpha value is -2.28. The lowest BCUT2D eigenvalue weighted by molar-refractivity contribution is -0.141. The third-order valence-corrected chi connectivity index (χ3v) is 4.29. The van der Waals surface area contributed by atoms with Crippen LogP contribution in [0.3, 0.4) is 0 Å². The number of aromatic nitrogens is 2. The number of benzene rings is 1. The second-order valence-corrected chi connectivity index (χ2v) is 6.09. The van der Waals surface area contributed by atoms with Gasteiger partial charge in [0.2, 0.25) is 0 Å². The zero-order valence-electron chi connectivity index (χ0n) is 13.1. The fourth-order valence-electron chi connectivity index (χ4n) is 2.28. The van der Waals surface area contributed by atoms with Crippen LogP contribution in [0, 0.1) is 12.8 Å². The highest BCUT2D eigenvalue weighted by molar-refractivity contribution is 7.08. The van der Waals surface area contributed by atoms with E-state index in [4.69, 9.17) is 0 Å². The number of aliphatic carboxylic acids is 1. The molecule has 2 rings (SSSR count). The van der Waals surface area contributed by atoms with Gasteiger partial charge >= 0.3 is 5.97 Å². The molecule has 1 aromatic carbocycles. The summed E-state index contributed by atoms with van der Waals surface area (Å²) in [5.41, 5.74) is 2.66. The average Bonchev–Trinajstić information content (AvgIpc) is 2.99. The Morgan fingerprint density at radius 2 is 2.17 bits per heavy atom. The Morgan fingerprint density at radius 1 is 1.39 bits per heavy atom. The van der Waals surface area contributed by atoms with Crippen molar-refractivity contribution < 1.29 is 14.7 Å². The van der Waals surface area contributed by atoms with Gasteiger partial charge < -0.3 is 10.4 Å². The van der Waals surface area contributed by atoms with E-state index < -0.39 is 11.9 Å². The average molecular weight is 333 g/mol. The van der Waals surface area contributed by atoms with Gasteiger partial charge in [-0.3, -0.25) is 9.59 Å². The predicted octanol–water partition coefficient (Wildman–Crippen LogP) is 2.08. The normalized spacial score (nSPS) is 11.9. The van der Waals surface area contributed by atoms with Crippen LogP contribution in [-0.4, -0.2) is 33.1 Å². The molecule has 122 valence electrons. The maximum absolute atomic E-state index is 12.1. The highest BCUT2D eigenvalue weighted by Crippen LogP contribution is 2.13. The van der Waals surface area contributed by atoms with E-state index in [1.54, 1.807) is 0 Å². The largest absolute Gasteiger partial charge is 0.481 e. The van der Waals surface area contributed by atoms with Crippen LogP contribution in [0.1, 0.15) is 33.4 Å². The summed E-state index contributed by atoms with van der Waals surface area (Å²) in [6.45, 7) is 3.93. The van der Waals surface area contributed by atoms with Gasteiger partial charge in [-0.2, -0.15) is 0 Å². The Balaban J connectivity index is 2.00. The molecule has 6 nitrogen and oxygen atoms in total. The second-order valence-electron chi connectivity index (χ2n) is 5.34. The number of aryl methyl sites for hydroxylation is 2. The standard InChI is InChI=1S/C16H19N3O3S/c1-3-13-14(23-19-18-13)15(20)17-9-12(16(21)22)8-11-6-4-5-10(2)7-11/h4-7,12H,3,8-9H2,1-2H3,(H,17,20)(H,21,22). The Kier molecular flexibility index (Phi) is 5.81. The van der Waals surface area contributed by atoms with Gasteiger partial charge in [-0.05, 0) is 36.9 Å². The number of carboxylic acids is 1. The number of hydrogen-bond donors (Lipinski definition) is 2. The lowest BCUT2D eigenvalue weighted by atomic mass is 9.98. The number of rotatable bonds is 7. The molecule has 2 N–H and O–H groups in total. The molecule has 0 aliphatic rings. The molecule has 0 fully saturated rings. The third kappa shape index (κ3) is 4.59. The first kappa shape index (κ1) is 17.1. The van der Waals surface area contributed by atoms with E-state index in [-0.39, 0.29) is 12.5 Å². The van der Waals surface area contributed by atoms with Crippen LogP contribution in [0.25, 0.3) is 0 Å². The number of carbonyl (C=O) groups excluding carboxylic acids is 1. The van der Waals surface area contributed by atoms with E-state index in [1.165, 1.54) is 0 Å². The van der Waals surface area contributed by atoms with Gasteiger partial charge in [0, 0.05) is 6.54 Å². The molecule has 1 amide bonds. The van der Waals surface area contributed by atoms with E-state index in [0.29, 0.717) is 23.4 Å². The zero-order valence-corrected chi connectivity index (χ0v) is 13.9. The molecule has 23 heavy (non-hydrogen) atoms. The molecule has 0 aliphatic carbocycles. The van der Waals surface area contributed by atoms with E-state index in [1.807, 2.05) is 38.1 Å². The van der Waals surface area contributed by atoms with Gasteiger partial charge in [-0.1, -0.05) is 41.2 Å². The van der Waals surface area contributed by atoms with Crippen LogP contribution in [0.4, 0.5) is 0 Å². The molecule has 7 heteroatoms. The second kappa shape index (κ2) is 7.82. The Bertz CT molecular complexity index is 699. The first-order chi connectivity index (χ1) is 11.0. The lowest BCUT2D eigenvalue weighted by Crippen LogP contribution is -2.34. The van der Waals surface area contributed by atoms with Crippen LogP contribution >= 0.6 is 11.5 Å². The van der Waals surface area contributed by atoms with Crippen molar-refractivity contribution in [2.45, 2.75) is 26.7 Å². The summed E-state index contributed by atoms with van der Waals surface area (Å²) in [6, 6.07) is 7.72. The monoisotopic (exact) mass is 333 g/mol. The first-order valence-electron chi connectivity index (χ1n) is 7.39. The van der Waals surface area contributed by atoms with Crippen LogP contribution < -0.4 is 5.32 Å². The third-order valence-electron chi connectivity index (χ3n) is 3.52. The highest BCUT2D eigenvalue weighted by atomic mass is 32.1. The lowest BCUT2D eigenvalue weighted by Gasteiger charge is -2.13. The minimum atomic E-state index is -0.926. The smallest absolute Gasteiger partial charge is 0.308 e. The van der Waals surface area contributed by atoms with E-state index in [9.17, 15) is 14.7 Å². The fraction of sp³-hybridized carbons (Fsp3) is 0.375. The number of carboxylic acid groups (broad SMARTS) is 1. The van der Waals surface area contributed by atoms with Crippen molar-refractivity contribution in [2.24, 2.45) is 5.92 Å². The molecule has 1 aromatic heterocycles. The minimum Gasteiger partial charge on any atom is -0.481 e. The Morgan fingerprint density at radius 3 is 2.83 bits per heavy atom. The maximum Gasteiger partial charge on any atom is 0.308 e. The van der Waals surface area contributed by atoms with Gasteiger partial charge in [-0.25, -0.2) is 0 Å². The molecule has 0 bridgehead atoms. The van der Waals surface area contributed by atoms with Crippen molar-refractivity contribution in [1.29, 1.82) is 0 Å². The van der Waals surface area contributed by atoms with E-state index >= 15 is 0 Å². The summed E-state index contributed by atoms with van der Waals surface area (Å²) < 4.78 is 3.77. The number of nitrogens with one attached hydrogen (secondary N) is 1. The Labute approximate surface area is 138 Å². The van der Waals surface area contributed by atoms with Crippen molar-refractivity contribution in [3.05, 3.63) is 46.0 Å². The van der Waals surface area contributed by atoms with Crippen molar-refractivity contribution >= 4 is 23.4 Å². The molecule has 1 unspecified atom stereocenters. The van der Waals surface area contributed by atoms with Crippen LogP contribution in [-0.2, 0) is 17.6 Å². The van der Waals surface area contributed by atoms with Crippen LogP contribution in [0.2, 0.25) is 0 Å². The molecule has 0 radical (unpaired) electrons. The quantitative estimate of drug-likeness (QED) is 0.809. The number of nitrogens with zero attached hydrogens (tertiary/aromatic N) is 2. The highest BCUT2D eigenvalue weighted by Gasteiger charge is 2.21. The molecular weight excluding hydrogens is 314 g/mol. The molecule has 0 saturated carbocycles. The van der Waals surface area contributed by atoms with Gasteiger partial charge in [0.1, 0.15) is 4.88 Å². The summed E-state index contributed by atoms with van der Waals surface area (Å²) in [5, 5.41) is 15.9. The SMILES string of the molecule is CCc1nnsc1C(=O)NCC(Cc1cccc(C)c1)C(=O)O. The number of hydrogen-bond acceptors (Lipinski definition) is 5. The minimum absolute atomic E-state index is 0.0726. The first-order valence-corrected chi connectivity index (χ1v) is 8.16. The zero-order chi connectivity index (χ0) is 16.8. The molecule has 1 atom stereocenters. The van der Waals surface area contributed by atoms with Gasteiger partial charge in [0.15, 0.2) is 0 Å². The molecule has 0 spiro atoms. The molecule has 0 saturated heterocycles. The number of amides is 1. The van der Waals surface area contributed by atoms with Crippen molar-refractivity contribution in [3.63, 3.8) is 0 Å². The van der Waals surface area contributed by atoms with Crippen molar-refractivity contribution in [3.8, 4) is 0 Å². The topological polar surface area (TPSA) is 92.2 Å².